The van der Waals surface area contributed by atoms with Gasteiger partial charge in [0.1, 0.15) is 0 Å². The van der Waals surface area contributed by atoms with Crippen molar-refractivity contribution in [1.82, 2.24) is 0 Å². The number of nitrogens with zero attached hydrogens (tertiary/aromatic N) is 4. The molecule has 0 aliphatic rings. The van der Waals surface area contributed by atoms with Gasteiger partial charge < -0.3 is 4.74 Å². The Morgan fingerprint density at radius 2 is 1.22 bits per heavy atom. The zero-order valence-electron chi connectivity index (χ0n) is 12.8. The summed E-state index contributed by atoms with van der Waals surface area (Å²) in [7, 11) is 0. The summed E-state index contributed by atoms with van der Waals surface area (Å²) in [5, 5.41) is 43.4. The summed E-state index contributed by atoms with van der Waals surface area (Å²) in [5.74, 6) is -2.04. The average Bonchev–Trinajstić information content (AvgIpc) is 2.60. The Kier molecular flexibility index (Phi) is 5.01. The summed E-state index contributed by atoms with van der Waals surface area (Å²) in [6.45, 7) is 0. The van der Waals surface area contributed by atoms with E-state index in [9.17, 15) is 45.3 Å². The van der Waals surface area contributed by atoms with E-state index in [0.29, 0.717) is 24.3 Å². The van der Waals surface area contributed by atoms with Crippen LogP contribution in [-0.4, -0.2) is 25.7 Å². The highest BCUT2D eigenvalue weighted by molar-refractivity contribution is 5.93. The number of rotatable bonds is 6. The Morgan fingerprint density at radius 1 is 0.704 bits per heavy atom. The molecule has 0 aliphatic carbocycles. The SMILES string of the molecule is O=C(Oc1ccc([N+](=O)[O-])cc1[N+](=O)[O-])c1cc([N+](=O)[O-])cc([N+](=O)[O-])c1. The van der Waals surface area contributed by atoms with E-state index in [1.807, 2.05) is 0 Å². The number of benzene rings is 2. The Labute approximate surface area is 147 Å². The minimum absolute atomic E-state index is 0.554. The number of esters is 1. The molecule has 14 heteroatoms. The molecule has 2 rings (SSSR count). The molecule has 2 aromatic rings. The van der Waals surface area contributed by atoms with Gasteiger partial charge in [-0.2, -0.15) is 0 Å². The van der Waals surface area contributed by atoms with Crippen LogP contribution in [0.2, 0.25) is 0 Å². The number of carbonyl (C=O) groups excluding carboxylic acids is 1. The lowest BCUT2D eigenvalue weighted by molar-refractivity contribution is -0.394. The van der Waals surface area contributed by atoms with Crippen molar-refractivity contribution in [3.8, 4) is 5.75 Å². The van der Waals surface area contributed by atoms with Crippen LogP contribution in [0, 0.1) is 40.5 Å². The average molecular weight is 378 g/mol. The smallest absolute Gasteiger partial charge is 0.344 e. The van der Waals surface area contributed by atoms with Gasteiger partial charge in [0, 0.05) is 18.2 Å². The van der Waals surface area contributed by atoms with Crippen LogP contribution < -0.4 is 4.74 Å². The minimum Gasteiger partial charge on any atom is -0.416 e. The van der Waals surface area contributed by atoms with Crippen molar-refractivity contribution in [3.63, 3.8) is 0 Å². The topological polar surface area (TPSA) is 199 Å². The van der Waals surface area contributed by atoms with Crippen LogP contribution >= 0.6 is 0 Å². The highest BCUT2D eigenvalue weighted by atomic mass is 16.6. The Balaban J connectivity index is 2.46. The number of nitro groups is 4. The number of non-ortho nitro benzene ring substituents is 3. The molecule has 27 heavy (non-hydrogen) atoms. The van der Waals surface area contributed by atoms with Crippen molar-refractivity contribution >= 4 is 28.7 Å². The fraction of sp³-hybridized carbons (Fsp3) is 0. The molecule has 0 heterocycles. The standard InChI is InChI=1S/C13H6N4O10/c18-13(7-3-9(15(21)22)5-10(4-7)16(23)24)27-12-2-1-8(14(19)20)6-11(12)17(25)26/h1-6H. The third-order valence-corrected chi connectivity index (χ3v) is 3.11. The monoisotopic (exact) mass is 378 g/mol. The normalized spacial score (nSPS) is 10.1. The zero-order valence-corrected chi connectivity index (χ0v) is 12.8. The van der Waals surface area contributed by atoms with E-state index in [1.54, 1.807) is 0 Å². The molecule has 138 valence electrons. The second kappa shape index (κ2) is 7.18. The second-order valence-corrected chi connectivity index (χ2v) is 4.81. The Hall–Kier alpha value is -4.49. The summed E-state index contributed by atoms with van der Waals surface area (Å²) < 4.78 is 4.75. The summed E-state index contributed by atoms with van der Waals surface area (Å²) in [6.07, 6.45) is 0. The first-order valence-corrected chi connectivity index (χ1v) is 6.69. The van der Waals surface area contributed by atoms with Crippen molar-refractivity contribution in [2.24, 2.45) is 0 Å². The predicted molar refractivity (Wildman–Crippen MR) is 84.5 cm³/mol. The van der Waals surface area contributed by atoms with Crippen molar-refractivity contribution < 1.29 is 29.2 Å². The maximum Gasteiger partial charge on any atom is 0.344 e. The van der Waals surface area contributed by atoms with E-state index in [4.69, 9.17) is 4.74 Å². The number of hydrogen-bond acceptors (Lipinski definition) is 10. The predicted octanol–water partition coefficient (Wildman–Crippen LogP) is 2.54. The molecule has 0 spiro atoms. The van der Waals surface area contributed by atoms with Crippen LogP contribution in [0.25, 0.3) is 0 Å². The van der Waals surface area contributed by atoms with Gasteiger partial charge in [0.05, 0.1) is 37.4 Å². The van der Waals surface area contributed by atoms with Crippen LogP contribution in [0.15, 0.2) is 36.4 Å². The molecule has 0 aliphatic heterocycles. The van der Waals surface area contributed by atoms with E-state index < -0.39 is 59.7 Å². The minimum atomic E-state index is -1.36. The first-order chi connectivity index (χ1) is 12.6. The van der Waals surface area contributed by atoms with Gasteiger partial charge in [0.2, 0.25) is 5.75 Å². The second-order valence-electron chi connectivity index (χ2n) is 4.81. The Bertz CT molecular complexity index is 970. The van der Waals surface area contributed by atoms with E-state index in [1.165, 1.54) is 0 Å². The third-order valence-electron chi connectivity index (χ3n) is 3.11. The Morgan fingerprint density at radius 3 is 1.67 bits per heavy atom. The summed E-state index contributed by atoms with van der Waals surface area (Å²) in [6, 6.07) is 4.17. The molecule has 14 nitrogen and oxygen atoms in total. The van der Waals surface area contributed by atoms with Crippen LogP contribution in [0.3, 0.4) is 0 Å². The van der Waals surface area contributed by atoms with Gasteiger partial charge in [-0.15, -0.1) is 0 Å². The quantitative estimate of drug-likeness (QED) is 0.311. The summed E-state index contributed by atoms with van der Waals surface area (Å²) in [4.78, 5) is 51.6. The molecule has 0 amide bonds. The molecule has 0 bridgehead atoms. The van der Waals surface area contributed by atoms with Crippen LogP contribution in [0.5, 0.6) is 5.75 Å². The number of carbonyl (C=O) groups is 1. The molecular weight excluding hydrogens is 372 g/mol. The molecule has 0 radical (unpaired) electrons. The van der Waals surface area contributed by atoms with Gasteiger partial charge in [-0.1, -0.05) is 0 Å². The lowest BCUT2D eigenvalue weighted by Crippen LogP contribution is -2.11. The zero-order chi connectivity index (χ0) is 20.3. The van der Waals surface area contributed by atoms with E-state index in [0.717, 1.165) is 12.1 Å². The maximum absolute atomic E-state index is 12.1. The van der Waals surface area contributed by atoms with Gasteiger partial charge in [-0.05, 0) is 6.07 Å². The largest absolute Gasteiger partial charge is 0.416 e. The summed E-state index contributed by atoms with van der Waals surface area (Å²) >= 11 is 0. The number of nitro benzene ring substituents is 4. The van der Waals surface area contributed by atoms with E-state index in [-0.39, 0.29) is 0 Å². The van der Waals surface area contributed by atoms with E-state index >= 15 is 0 Å². The molecule has 0 unspecified atom stereocenters. The molecular formula is C13H6N4O10. The van der Waals surface area contributed by atoms with Crippen molar-refractivity contribution in [3.05, 3.63) is 82.4 Å². The molecule has 0 N–H and O–H groups in total. The fourth-order valence-electron chi connectivity index (χ4n) is 1.93. The third kappa shape index (κ3) is 4.13. The van der Waals surface area contributed by atoms with Crippen molar-refractivity contribution in [1.29, 1.82) is 0 Å². The first-order valence-electron chi connectivity index (χ1n) is 6.69. The molecule has 2 aromatic carbocycles. The molecule has 0 saturated heterocycles. The van der Waals surface area contributed by atoms with Crippen molar-refractivity contribution in [2.75, 3.05) is 0 Å². The highest BCUT2D eigenvalue weighted by Gasteiger charge is 2.25. The lowest BCUT2D eigenvalue weighted by Gasteiger charge is -2.05. The van der Waals surface area contributed by atoms with Gasteiger partial charge in [-0.25, -0.2) is 4.79 Å². The number of hydrogen-bond donors (Lipinski definition) is 0. The molecule has 0 fully saturated rings. The maximum atomic E-state index is 12.1. The molecule has 0 aromatic heterocycles. The van der Waals surface area contributed by atoms with Crippen molar-refractivity contribution in [2.45, 2.75) is 0 Å². The highest BCUT2D eigenvalue weighted by Crippen LogP contribution is 2.32. The molecule has 0 saturated carbocycles. The van der Waals surface area contributed by atoms with Gasteiger partial charge in [0.25, 0.3) is 17.1 Å². The van der Waals surface area contributed by atoms with Gasteiger partial charge >= 0.3 is 11.7 Å². The fourth-order valence-corrected chi connectivity index (χ4v) is 1.93. The van der Waals surface area contributed by atoms with Gasteiger partial charge in [0.15, 0.2) is 0 Å². The number of ether oxygens (including phenoxy) is 1. The summed E-state index contributed by atoms with van der Waals surface area (Å²) in [5.41, 5.74) is -3.68. The lowest BCUT2D eigenvalue weighted by atomic mass is 10.1. The van der Waals surface area contributed by atoms with Crippen LogP contribution in [0.4, 0.5) is 22.7 Å². The first kappa shape index (κ1) is 18.8. The molecule has 0 atom stereocenters. The van der Waals surface area contributed by atoms with E-state index in [2.05, 4.69) is 0 Å². The van der Waals surface area contributed by atoms with Gasteiger partial charge in [-0.3, -0.25) is 40.5 Å². The van der Waals surface area contributed by atoms with Crippen LogP contribution in [0.1, 0.15) is 10.4 Å². The van der Waals surface area contributed by atoms with Crippen LogP contribution in [-0.2, 0) is 0 Å².